The Morgan fingerprint density at radius 2 is 2.53 bits per heavy atom. The summed E-state index contributed by atoms with van der Waals surface area (Å²) in [6, 6.07) is 0. The zero-order valence-corrected chi connectivity index (χ0v) is 10.3. The number of rotatable bonds is 4. The van der Waals surface area contributed by atoms with Gasteiger partial charge in [-0.05, 0) is 26.3 Å². The summed E-state index contributed by atoms with van der Waals surface area (Å²) in [7, 11) is 0. The molecule has 1 atom stereocenters. The lowest BCUT2D eigenvalue weighted by Gasteiger charge is -2.38. The van der Waals surface area contributed by atoms with Gasteiger partial charge >= 0.3 is 0 Å². The Kier molecular flexibility index (Phi) is 3.47. The maximum Gasteiger partial charge on any atom is 0.224 e. The Balaban J connectivity index is 1.87. The molecule has 5 nitrogen and oxygen atoms in total. The number of nitrogens with two attached hydrogens (primary N) is 1. The van der Waals surface area contributed by atoms with Crippen molar-refractivity contribution in [3.05, 3.63) is 18.2 Å². The minimum atomic E-state index is -0.360. The van der Waals surface area contributed by atoms with E-state index in [9.17, 15) is 4.79 Å². The minimum absolute atomic E-state index is 0.180. The normalized spacial score (nSPS) is 25.9. The number of likely N-dealkylation sites (tertiary alicyclic amines) is 1. The molecule has 0 bridgehead atoms. The Bertz CT molecular complexity index is 376. The molecule has 1 fully saturated rings. The summed E-state index contributed by atoms with van der Waals surface area (Å²) in [5.74, 6) is 0.816. The van der Waals surface area contributed by atoms with E-state index in [0.717, 1.165) is 44.7 Å². The highest BCUT2D eigenvalue weighted by atomic mass is 16.1. The molecule has 1 aliphatic rings. The Labute approximate surface area is 101 Å². The number of primary amides is 1. The standard InChI is InChI=1S/C12H20N4O/c1-12(11(13)17)4-2-7-16(9-12)8-3-10-14-5-6-15-10/h5-6H,2-4,7-9H2,1H3,(H2,13,17)(H,14,15). The summed E-state index contributed by atoms with van der Waals surface area (Å²) in [4.78, 5) is 21.0. The summed E-state index contributed by atoms with van der Waals surface area (Å²) < 4.78 is 0. The van der Waals surface area contributed by atoms with E-state index in [1.807, 2.05) is 13.1 Å². The first-order chi connectivity index (χ1) is 8.10. The lowest BCUT2D eigenvalue weighted by Crippen LogP contribution is -2.49. The van der Waals surface area contributed by atoms with E-state index in [1.165, 1.54) is 0 Å². The fourth-order valence-corrected chi connectivity index (χ4v) is 2.44. The second-order valence-electron chi connectivity index (χ2n) is 5.09. The number of aromatic amines is 1. The van der Waals surface area contributed by atoms with Crippen molar-refractivity contribution in [3.8, 4) is 0 Å². The van der Waals surface area contributed by atoms with Crippen LogP contribution in [0, 0.1) is 5.41 Å². The molecule has 1 aliphatic heterocycles. The van der Waals surface area contributed by atoms with Gasteiger partial charge in [-0.2, -0.15) is 0 Å². The number of aromatic nitrogens is 2. The number of amides is 1. The van der Waals surface area contributed by atoms with Crippen LogP contribution in [0.3, 0.4) is 0 Å². The molecule has 1 aromatic rings. The summed E-state index contributed by atoms with van der Waals surface area (Å²) >= 11 is 0. The van der Waals surface area contributed by atoms with Gasteiger partial charge in [-0.3, -0.25) is 4.79 Å². The van der Waals surface area contributed by atoms with Crippen LogP contribution in [0.15, 0.2) is 12.4 Å². The molecule has 1 unspecified atom stereocenters. The van der Waals surface area contributed by atoms with Crippen LogP contribution in [-0.4, -0.2) is 40.4 Å². The zero-order valence-electron chi connectivity index (χ0n) is 10.3. The third-order valence-corrected chi connectivity index (χ3v) is 3.59. The van der Waals surface area contributed by atoms with Crippen molar-refractivity contribution in [1.82, 2.24) is 14.9 Å². The Morgan fingerprint density at radius 1 is 1.71 bits per heavy atom. The van der Waals surface area contributed by atoms with E-state index in [-0.39, 0.29) is 11.3 Å². The number of nitrogens with zero attached hydrogens (tertiary/aromatic N) is 2. The van der Waals surface area contributed by atoms with E-state index in [0.29, 0.717) is 0 Å². The average Bonchev–Trinajstić information content (AvgIpc) is 2.79. The molecule has 94 valence electrons. The fourth-order valence-electron chi connectivity index (χ4n) is 2.44. The SMILES string of the molecule is CC1(C(N)=O)CCCN(CCc2ncc[nH]2)C1. The lowest BCUT2D eigenvalue weighted by molar-refractivity contribution is -0.129. The number of nitrogens with one attached hydrogen (secondary N) is 1. The third-order valence-electron chi connectivity index (χ3n) is 3.59. The van der Waals surface area contributed by atoms with Crippen molar-refractivity contribution >= 4 is 5.91 Å². The first kappa shape index (κ1) is 12.1. The predicted octanol–water partition coefficient (Wildman–Crippen LogP) is 0.540. The molecule has 0 spiro atoms. The van der Waals surface area contributed by atoms with Crippen LogP contribution < -0.4 is 5.73 Å². The van der Waals surface area contributed by atoms with Gasteiger partial charge in [0.15, 0.2) is 0 Å². The van der Waals surface area contributed by atoms with Gasteiger partial charge in [0.2, 0.25) is 5.91 Å². The van der Waals surface area contributed by atoms with E-state index in [1.54, 1.807) is 6.20 Å². The molecule has 2 heterocycles. The largest absolute Gasteiger partial charge is 0.369 e. The molecule has 5 heteroatoms. The van der Waals surface area contributed by atoms with Crippen LogP contribution in [0.2, 0.25) is 0 Å². The number of imidazole rings is 1. The highest BCUT2D eigenvalue weighted by Crippen LogP contribution is 2.28. The molecule has 1 saturated heterocycles. The fraction of sp³-hybridized carbons (Fsp3) is 0.667. The van der Waals surface area contributed by atoms with Crippen LogP contribution in [0.25, 0.3) is 0 Å². The van der Waals surface area contributed by atoms with E-state index in [4.69, 9.17) is 5.73 Å². The van der Waals surface area contributed by atoms with Gasteiger partial charge in [-0.15, -0.1) is 0 Å². The van der Waals surface area contributed by atoms with Crippen molar-refractivity contribution in [2.24, 2.45) is 11.1 Å². The first-order valence-corrected chi connectivity index (χ1v) is 6.11. The molecular weight excluding hydrogens is 216 g/mol. The Morgan fingerprint density at radius 3 is 3.18 bits per heavy atom. The van der Waals surface area contributed by atoms with E-state index in [2.05, 4.69) is 14.9 Å². The summed E-state index contributed by atoms with van der Waals surface area (Å²) in [6.07, 6.45) is 6.43. The second-order valence-corrected chi connectivity index (χ2v) is 5.09. The smallest absolute Gasteiger partial charge is 0.224 e. The highest BCUT2D eigenvalue weighted by Gasteiger charge is 2.35. The number of hydrogen-bond donors (Lipinski definition) is 2. The van der Waals surface area contributed by atoms with E-state index >= 15 is 0 Å². The van der Waals surface area contributed by atoms with Crippen LogP contribution in [-0.2, 0) is 11.2 Å². The zero-order chi connectivity index (χ0) is 12.3. The molecule has 0 saturated carbocycles. The molecular formula is C12H20N4O. The number of H-pyrrole nitrogens is 1. The van der Waals surface area contributed by atoms with Crippen LogP contribution in [0.5, 0.6) is 0 Å². The van der Waals surface area contributed by atoms with Crippen molar-refractivity contribution in [2.45, 2.75) is 26.2 Å². The number of carbonyl (C=O) groups is 1. The summed E-state index contributed by atoms with van der Waals surface area (Å²) in [5.41, 5.74) is 5.11. The quantitative estimate of drug-likeness (QED) is 0.801. The molecule has 0 aromatic carbocycles. The van der Waals surface area contributed by atoms with Gasteiger partial charge in [0.25, 0.3) is 0 Å². The molecule has 17 heavy (non-hydrogen) atoms. The van der Waals surface area contributed by atoms with Crippen molar-refractivity contribution < 1.29 is 4.79 Å². The van der Waals surface area contributed by atoms with Gasteiger partial charge in [-0.25, -0.2) is 4.98 Å². The minimum Gasteiger partial charge on any atom is -0.369 e. The average molecular weight is 236 g/mol. The molecule has 0 aliphatic carbocycles. The highest BCUT2D eigenvalue weighted by molar-refractivity contribution is 5.80. The topological polar surface area (TPSA) is 75.0 Å². The van der Waals surface area contributed by atoms with Gasteiger partial charge in [0.05, 0.1) is 5.41 Å². The van der Waals surface area contributed by atoms with Crippen LogP contribution >= 0.6 is 0 Å². The number of carbonyl (C=O) groups excluding carboxylic acids is 1. The van der Waals surface area contributed by atoms with Gasteiger partial charge in [0, 0.05) is 31.9 Å². The molecule has 1 amide bonds. The van der Waals surface area contributed by atoms with Crippen LogP contribution in [0.4, 0.5) is 0 Å². The monoisotopic (exact) mass is 236 g/mol. The van der Waals surface area contributed by atoms with Crippen LogP contribution in [0.1, 0.15) is 25.6 Å². The van der Waals surface area contributed by atoms with Gasteiger partial charge in [0.1, 0.15) is 5.82 Å². The van der Waals surface area contributed by atoms with E-state index < -0.39 is 0 Å². The Hall–Kier alpha value is -1.36. The number of piperidine rings is 1. The van der Waals surface area contributed by atoms with Gasteiger partial charge in [-0.1, -0.05) is 0 Å². The third kappa shape index (κ3) is 2.85. The molecule has 3 N–H and O–H groups in total. The van der Waals surface area contributed by atoms with Crippen molar-refractivity contribution in [1.29, 1.82) is 0 Å². The maximum absolute atomic E-state index is 11.4. The lowest BCUT2D eigenvalue weighted by atomic mass is 9.81. The van der Waals surface area contributed by atoms with Gasteiger partial charge < -0.3 is 15.6 Å². The van der Waals surface area contributed by atoms with Crippen molar-refractivity contribution in [3.63, 3.8) is 0 Å². The maximum atomic E-state index is 11.4. The number of hydrogen-bond acceptors (Lipinski definition) is 3. The molecule has 0 radical (unpaired) electrons. The summed E-state index contributed by atoms with van der Waals surface area (Å²) in [5, 5.41) is 0. The predicted molar refractivity (Wildman–Crippen MR) is 65.3 cm³/mol. The molecule has 1 aromatic heterocycles. The second kappa shape index (κ2) is 4.87. The molecule has 2 rings (SSSR count). The first-order valence-electron chi connectivity index (χ1n) is 6.11. The summed E-state index contributed by atoms with van der Waals surface area (Å²) in [6.45, 7) is 4.71. The van der Waals surface area contributed by atoms with Crippen molar-refractivity contribution in [2.75, 3.05) is 19.6 Å².